The quantitative estimate of drug-likeness (QED) is 0.760. The zero-order valence-corrected chi connectivity index (χ0v) is 10.5. The van der Waals surface area contributed by atoms with Gasteiger partial charge in [-0.2, -0.15) is 0 Å². The molecule has 0 aromatic carbocycles. The number of piperidine rings is 1. The Morgan fingerprint density at radius 2 is 1.83 bits per heavy atom. The van der Waals surface area contributed by atoms with Crippen LogP contribution in [0.5, 0.6) is 0 Å². The van der Waals surface area contributed by atoms with Crippen LogP contribution in [0.25, 0.3) is 0 Å². The van der Waals surface area contributed by atoms with Crippen molar-refractivity contribution in [2.24, 2.45) is 0 Å². The molecule has 98 valence electrons. The third-order valence-electron chi connectivity index (χ3n) is 3.42. The van der Waals surface area contributed by atoms with Gasteiger partial charge >= 0.3 is 5.69 Å². The molecule has 2 atom stereocenters. The molecule has 6 nitrogen and oxygen atoms in total. The number of nitrogens with zero attached hydrogens (tertiary/aromatic N) is 1. The number of carbonyl (C=O) groups excluding carboxylic acids is 1. The van der Waals surface area contributed by atoms with Crippen molar-refractivity contribution >= 4 is 5.91 Å². The number of amides is 1. The SMILES string of the molecule is CC1CCCC(C)N1C(=O)c1cc(=O)[nH]c(=O)[nH]1. The Balaban J connectivity index is 2.35. The molecule has 1 saturated heterocycles. The van der Waals surface area contributed by atoms with E-state index in [0.717, 1.165) is 25.3 Å². The van der Waals surface area contributed by atoms with Crippen LogP contribution < -0.4 is 11.2 Å². The molecule has 2 heterocycles. The average Bonchev–Trinajstić information content (AvgIpc) is 2.27. The number of likely N-dealkylation sites (tertiary alicyclic amines) is 1. The van der Waals surface area contributed by atoms with E-state index in [2.05, 4.69) is 9.97 Å². The second-order valence-electron chi connectivity index (χ2n) is 4.84. The summed E-state index contributed by atoms with van der Waals surface area (Å²) in [5, 5.41) is 0. The fourth-order valence-corrected chi connectivity index (χ4v) is 2.54. The molecule has 1 aliphatic heterocycles. The van der Waals surface area contributed by atoms with Crippen molar-refractivity contribution in [1.29, 1.82) is 0 Å². The molecule has 1 aromatic heterocycles. The van der Waals surface area contributed by atoms with Crippen molar-refractivity contribution in [1.82, 2.24) is 14.9 Å². The van der Waals surface area contributed by atoms with Gasteiger partial charge in [0.2, 0.25) is 0 Å². The van der Waals surface area contributed by atoms with Crippen molar-refractivity contribution in [3.05, 3.63) is 32.6 Å². The lowest BCUT2D eigenvalue weighted by atomic mass is 9.97. The van der Waals surface area contributed by atoms with E-state index < -0.39 is 11.2 Å². The largest absolute Gasteiger partial charge is 0.332 e. The van der Waals surface area contributed by atoms with Crippen LogP contribution in [0.15, 0.2) is 15.7 Å². The van der Waals surface area contributed by atoms with Gasteiger partial charge in [0, 0.05) is 18.2 Å². The highest BCUT2D eigenvalue weighted by Crippen LogP contribution is 2.23. The number of hydrogen-bond donors (Lipinski definition) is 2. The monoisotopic (exact) mass is 251 g/mol. The van der Waals surface area contributed by atoms with Crippen LogP contribution in [0, 0.1) is 0 Å². The summed E-state index contributed by atoms with van der Waals surface area (Å²) in [5.41, 5.74) is -1.15. The number of H-pyrrole nitrogens is 2. The molecule has 1 amide bonds. The Kier molecular flexibility index (Phi) is 3.36. The molecule has 18 heavy (non-hydrogen) atoms. The standard InChI is InChI=1S/C12H17N3O3/c1-7-4-3-5-8(2)15(7)11(17)9-6-10(16)14-12(18)13-9/h6-8H,3-5H2,1-2H3,(H2,13,14,16,18). The van der Waals surface area contributed by atoms with Crippen molar-refractivity contribution < 1.29 is 4.79 Å². The van der Waals surface area contributed by atoms with Gasteiger partial charge in [0.15, 0.2) is 0 Å². The lowest BCUT2D eigenvalue weighted by Crippen LogP contribution is -2.48. The molecule has 0 saturated carbocycles. The maximum absolute atomic E-state index is 12.3. The molecular weight excluding hydrogens is 234 g/mol. The van der Waals surface area contributed by atoms with Crippen LogP contribution in [0.2, 0.25) is 0 Å². The van der Waals surface area contributed by atoms with Gasteiger partial charge < -0.3 is 9.88 Å². The summed E-state index contributed by atoms with van der Waals surface area (Å²) in [5.74, 6) is -0.280. The zero-order valence-electron chi connectivity index (χ0n) is 10.5. The lowest BCUT2D eigenvalue weighted by Gasteiger charge is -2.38. The minimum absolute atomic E-state index is 0.0596. The van der Waals surface area contributed by atoms with Crippen LogP contribution in [0.3, 0.4) is 0 Å². The van der Waals surface area contributed by atoms with Gasteiger partial charge in [0.1, 0.15) is 5.69 Å². The first kappa shape index (κ1) is 12.6. The first-order chi connectivity index (χ1) is 8.49. The van der Waals surface area contributed by atoms with Crippen molar-refractivity contribution in [2.75, 3.05) is 0 Å². The maximum Gasteiger partial charge on any atom is 0.326 e. The van der Waals surface area contributed by atoms with E-state index in [-0.39, 0.29) is 23.7 Å². The normalized spacial score (nSPS) is 24.0. The molecule has 6 heteroatoms. The average molecular weight is 251 g/mol. The topological polar surface area (TPSA) is 86.0 Å². The first-order valence-electron chi connectivity index (χ1n) is 6.15. The molecule has 1 fully saturated rings. The van der Waals surface area contributed by atoms with Gasteiger partial charge in [0.05, 0.1) is 0 Å². The van der Waals surface area contributed by atoms with Crippen molar-refractivity contribution in [3.63, 3.8) is 0 Å². The molecule has 0 radical (unpaired) electrons. The highest BCUT2D eigenvalue weighted by Gasteiger charge is 2.30. The summed E-state index contributed by atoms with van der Waals surface area (Å²) < 4.78 is 0. The second-order valence-corrected chi connectivity index (χ2v) is 4.84. The van der Waals surface area contributed by atoms with Gasteiger partial charge in [0.25, 0.3) is 11.5 Å². The molecular formula is C12H17N3O3. The molecule has 1 aromatic rings. The van der Waals surface area contributed by atoms with Crippen LogP contribution in [-0.4, -0.2) is 32.9 Å². The third kappa shape index (κ3) is 2.37. The molecule has 2 N–H and O–H groups in total. The summed E-state index contributed by atoms with van der Waals surface area (Å²) in [4.78, 5) is 40.9. The number of aromatic nitrogens is 2. The third-order valence-corrected chi connectivity index (χ3v) is 3.42. The van der Waals surface area contributed by atoms with E-state index in [1.165, 1.54) is 0 Å². The highest BCUT2D eigenvalue weighted by atomic mass is 16.2. The van der Waals surface area contributed by atoms with E-state index in [0.29, 0.717) is 0 Å². The Hall–Kier alpha value is -1.85. The minimum Gasteiger partial charge on any atom is -0.332 e. The highest BCUT2D eigenvalue weighted by molar-refractivity contribution is 5.92. The second kappa shape index (κ2) is 4.80. The maximum atomic E-state index is 12.3. The Bertz CT molecular complexity index is 522. The number of aromatic amines is 2. The fraction of sp³-hybridized carbons (Fsp3) is 0.583. The first-order valence-corrected chi connectivity index (χ1v) is 6.15. The Morgan fingerprint density at radius 3 is 2.39 bits per heavy atom. The number of nitrogens with one attached hydrogen (secondary N) is 2. The molecule has 0 bridgehead atoms. The van der Waals surface area contributed by atoms with Crippen LogP contribution >= 0.6 is 0 Å². The summed E-state index contributed by atoms with van der Waals surface area (Å²) in [6.45, 7) is 3.97. The predicted molar refractivity (Wildman–Crippen MR) is 66.6 cm³/mol. The van der Waals surface area contributed by atoms with Crippen molar-refractivity contribution in [3.8, 4) is 0 Å². The van der Waals surface area contributed by atoms with Crippen LogP contribution in [0.1, 0.15) is 43.6 Å². The van der Waals surface area contributed by atoms with Crippen molar-refractivity contribution in [2.45, 2.75) is 45.2 Å². The number of rotatable bonds is 1. The Labute approximate surface area is 104 Å². The van der Waals surface area contributed by atoms with Gasteiger partial charge in [-0.05, 0) is 33.1 Å². The van der Waals surface area contributed by atoms with E-state index in [1.54, 1.807) is 4.90 Å². The number of hydrogen-bond acceptors (Lipinski definition) is 3. The summed E-state index contributed by atoms with van der Waals surface area (Å²) >= 11 is 0. The Morgan fingerprint density at radius 1 is 1.22 bits per heavy atom. The van der Waals surface area contributed by atoms with Gasteiger partial charge in [-0.15, -0.1) is 0 Å². The molecule has 2 rings (SSSR count). The molecule has 0 aliphatic carbocycles. The van der Waals surface area contributed by atoms with E-state index in [1.807, 2.05) is 13.8 Å². The number of carbonyl (C=O) groups is 1. The van der Waals surface area contributed by atoms with Gasteiger partial charge in [-0.1, -0.05) is 0 Å². The van der Waals surface area contributed by atoms with E-state index in [4.69, 9.17) is 0 Å². The smallest absolute Gasteiger partial charge is 0.326 e. The lowest BCUT2D eigenvalue weighted by molar-refractivity contribution is 0.0504. The fourth-order valence-electron chi connectivity index (χ4n) is 2.54. The van der Waals surface area contributed by atoms with Crippen LogP contribution in [0.4, 0.5) is 0 Å². The molecule has 2 unspecified atom stereocenters. The predicted octanol–water partition coefficient (Wildman–Crippen LogP) is 0.466. The summed E-state index contributed by atoms with van der Waals surface area (Å²) in [6.07, 6.45) is 2.99. The molecule has 1 aliphatic rings. The van der Waals surface area contributed by atoms with Gasteiger partial charge in [-0.3, -0.25) is 14.6 Å². The van der Waals surface area contributed by atoms with E-state index in [9.17, 15) is 14.4 Å². The van der Waals surface area contributed by atoms with E-state index >= 15 is 0 Å². The minimum atomic E-state index is -0.650. The zero-order chi connectivity index (χ0) is 13.3. The summed E-state index contributed by atoms with van der Waals surface area (Å²) in [7, 11) is 0. The van der Waals surface area contributed by atoms with Gasteiger partial charge in [-0.25, -0.2) is 4.79 Å². The molecule has 0 spiro atoms. The summed E-state index contributed by atoms with van der Waals surface area (Å²) in [6, 6.07) is 1.39. The van der Waals surface area contributed by atoms with Crippen LogP contribution in [-0.2, 0) is 0 Å².